The molecule has 0 aromatic carbocycles. The van der Waals surface area contributed by atoms with Crippen LogP contribution < -0.4 is 5.32 Å². The molecule has 0 aromatic rings. The fraction of sp³-hybridized carbons (Fsp3) is 0.867. The molecule has 0 bridgehead atoms. The first-order chi connectivity index (χ1) is 9.35. The highest BCUT2D eigenvalue weighted by Gasteiger charge is 2.46. The van der Waals surface area contributed by atoms with Gasteiger partial charge in [0, 0.05) is 12.0 Å². The molecule has 3 atom stereocenters. The normalized spacial score (nSPS) is 31.4. The second-order valence-corrected chi connectivity index (χ2v) is 6.81. The van der Waals surface area contributed by atoms with Crippen LogP contribution in [0.25, 0.3) is 0 Å². The molecule has 114 valence electrons. The van der Waals surface area contributed by atoms with E-state index in [-0.39, 0.29) is 17.7 Å². The summed E-state index contributed by atoms with van der Waals surface area (Å²) in [6.07, 6.45) is 2.90. The Morgan fingerprint density at radius 3 is 2.55 bits per heavy atom. The molecular weight excluding hydrogens is 256 g/mol. The van der Waals surface area contributed by atoms with E-state index in [1.54, 1.807) is 4.90 Å². The average Bonchev–Trinajstić information content (AvgIpc) is 2.80. The largest absolute Gasteiger partial charge is 0.480 e. The molecule has 2 saturated heterocycles. The minimum atomic E-state index is -0.874. The van der Waals surface area contributed by atoms with E-state index in [1.807, 2.05) is 20.8 Å². The van der Waals surface area contributed by atoms with Gasteiger partial charge in [0.1, 0.15) is 6.04 Å². The van der Waals surface area contributed by atoms with Crippen LogP contribution in [0.15, 0.2) is 0 Å². The first-order valence-corrected chi connectivity index (χ1v) is 7.60. The summed E-state index contributed by atoms with van der Waals surface area (Å²) in [7, 11) is 0. The number of carboxylic acid groups (broad SMARTS) is 1. The summed E-state index contributed by atoms with van der Waals surface area (Å²) < 4.78 is 0. The summed E-state index contributed by atoms with van der Waals surface area (Å²) in [6, 6.07) is -0.654. The molecule has 2 rings (SSSR count). The molecule has 0 aromatic heterocycles. The van der Waals surface area contributed by atoms with Gasteiger partial charge in [-0.25, -0.2) is 4.79 Å². The van der Waals surface area contributed by atoms with Gasteiger partial charge >= 0.3 is 5.97 Å². The Bertz CT molecular complexity index is 389. The van der Waals surface area contributed by atoms with E-state index >= 15 is 0 Å². The first kappa shape index (κ1) is 15.3. The highest BCUT2D eigenvalue weighted by Crippen LogP contribution is 2.37. The molecule has 0 radical (unpaired) electrons. The zero-order valence-corrected chi connectivity index (χ0v) is 12.7. The fourth-order valence-electron chi connectivity index (χ4n) is 3.56. The van der Waals surface area contributed by atoms with Crippen molar-refractivity contribution in [1.82, 2.24) is 10.2 Å². The fourth-order valence-corrected chi connectivity index (χ4v) is 3.56. The smallest absolute Gasteiger partial charge is 0.326 e. The molecule has 0 saturated carbocycles. The van der Waals surface area contributed by atoms with Crippen molar-refractivity contribution in [2.75, 3.05) is 19.6 Å². The van der Waals surface area contributed by atoms with Crippen LogP contribution in [0.5, 0.6) is 0 Å². The van der Waals surface area contributed by atoms with Gasteiger partial charge in [-0.05, 0) is 44.2 Å². The number of nitrogens with one attached hydrogen (secondary N) is 1. The highest BCUT2D eigenvalue weighted by atomic mass is 16.4. The van der Waals surface area contributed by atoms with Crippen LogP contribution in [-0.2, 0) is 9.59 Å². The minimum absolute atomic E-state index is 0.00273. The number of aliphatic carboxylic acids is 1. The van der Waals surface area contributed by atoms with Crippen LogP contribution in [0.4, 0.5) is 0 Å². The van der Waals surface area contributed by atoms with E-state index in [9.17, 15) is 14.7 Å². The first-order valence-electron chi connectivity index (χ1n) is 7.60. The Labute approximate surface area is 120 Å². The standard InChI is InChI=1S/C15H26N2O3/c1-10-6-8-17(12(10)13(18)19)14(20)15(2,3)11-5-4-7-16-9-11/h10-12,16H,4-9H2,1-3H3,(H,18,19). The van der Waals surface area contributed by atoms with Crippen molar-refractivity contribution in [3.63, 3.8) is 0 Å². The van der Waals surface area contributed by atoms with Gasteiger partial charge in [0.25, 0.3) is 0 Å². The Morgan fingerprint density at radius 2 is 2.00 bits per heavy atom. The van der Waals surface area contributed by atoms with Crippen molar-refractivity contribution in [3.05, 3.63) is 0 Å². The Morgan fingerprint density at radius 1 is 1.30 bits per heavy atom. The zero-order valence-electron chi connectivity index (χ0n) is 12.7. The molecule has 2 N–H and O–H groups in total. The molecule has 3 unspecified atom stereocenters. The van der Waals surface area contributed by atoms with Gasteiger partial charge in [-0.2, -0.15) is 0 Å². The summed E-state index contributed by atoms with van der Waals surface area (Å²) in [5, 5.41) is 12.7. The van der Waals surface area contributed by atoms with Crippen LogP contribution in [0, 0.1) is 17.3 Å². The monoisotopic (exact) mass is 282 g/mol. The van der Waals surface area contributed by atoms with E-state index in [1.165, 1.54) is 0 Å². The van der Waals surface area contributed by atoms with Crippen molar-refractivity contribution in [2.24, 2.45) is 17.3 Å². The lowest BCUT2D eigenvalue weighted by atomic mass is 9.74. The Hall–Kier alpha value is -1.10. The maximum Gasteiger partial charge on any atom is 0.326 e. The number of carboxylic acids is 1. The second kappa shape index (κ2) is 5.72. The van der Waals surface area contributed by atoms with Crippen molar-refractivity contribution in [1.29, 1.82) is 0 Å². The number of hydrogen-bond donors (Lipinski definition) is 2. The number of carbonyl (C=O) groups is 2. The lowest BCUT2D eigenvalue weighted by Gasteiger charge is -2.39. The summed E-state index contributed by atoms with van der Waals surface area (Å²) >= 11 is 0. The third-order valence-electron chi connectivity index (χ3n) is 5.08. The van der Waals surface area contributed by atoms with Crippen molar-refractivity contribution < 1.29 is 14.7 Å². The maximum atomic E-state index is 12.9. The van der Waals surface area contributed by atoms with Gasteiger partial charge in [-0.15, -0.1) is 0 Å². The lowest BCUT2D eigenvalue weighted by molar-refractivity contribution is -0.155. The highest BCUT2D eigenvalue weighted by molar-refractivity contribution is 5.88. The van der Waals surface area contributed by atoms with Gasteiger partial charge in [0.05, 0.1) is 0 Å². The van der Waals surface area contributed by atoms with Crippen LogP contribution in [0.2, 0.25) is 0 Å². The number of carbonyl (C=O) groups excluding carboxylic acids is 1. The number of amides is 1. The lowest BCUT2D eigenvalue weighted by Crippen LogP contribution is -2.52. The zero-order chi connectivity index (χ0) is 14.9. The van der Waals surface area contributed by atoms with Gasteiger partial charge in [0.15, 0.2) is 0 Å². The third-order valence-corrected chi connectivity index (χ3v) is 5.08. The minimum Gasteiger partial charge on any atom is -0.480 e. The second-order valence-electron chi connectivity index (χ2n) is 6.81. The predicted molar refractivity (Wildman–Crippen MR) is 76.3 cm³/mol. The van der Waals surface area contributed by atoms with Gasteiger partial charge in [-0.3, -0.25) is 4.79 Å². The molecule has 2 aliphatic rings. The van der Waals surface area contributed by atoms with Crippen LogP contribution in [-0.4, -0.2) is 47.6 Å². The van der Waals surface area contributed by atoms with Gasteiger partial charge in [-0.1, -0.05) is 20.8 Å². The maximum absolute atomic E-state index is 12.9. The van der Waals surface area contributed by atoms with Crippen molar-refractivity contribution in [3.8, 4) is 0 Å². The number of nitrogens with zero attached hydrogens (tertiary/aromatic N) is 1. The Kier molecular flexibility index (Phi) is 4.37. The van der Waals surface area contributed by atoms with Gasteiger partial charge in [0.2, 0.25) is 5.91 Å². The van der Waals surface area contributed by atoms with Crippen LogP contribution in [0.1, 0.15) is 40.0 Å². The molecule has 20 heavy (non-hydrogen) atoms. The number of rotatable bonds is 3. The molecule has 1 amide bonds. The summed E-state index contributed by atoms with van der Waals surface area (Å²) in [5.41, 5.74) is -0.495. The SMILES string of the molecule is CC1CCN(C(=O)C(C)(C)C2CCCNC2)C1C(=O)O. The van der Waals surface area contributed by atoms with Gasteiger partial charge < -0.3 is 15.3 Å². The number of likely N-dealkylation sites (tertiary alicyclic amines) is 1. The summed E-state index contributed by atoms with van der Waals surface area (Å²) in [6.45, 7) is 8.28. The van der Waals surface area contributed by atoms with E-state index in [4.69, 9.17) is 0 Å². The van der Waals surface area contributed by atoms with Crippen LogP contribution >= 0.6 is 0 Å². The molecule has 2 heterocycles. The Balaban J connectivity index is 2.14. The topological polar surface area (TPSA) is 69.6 Å². The molecule has 0 aliphatic carbocycles. The third kappa shape index (κ3) is 2.68. The quantitative estimate of drug-likeness (QED) is 0.819. The molecular formula is C15H26N2O3. The molecule has 0 spiro atoms. The van der Waals surface area contributed by atoms with E-state index < -0.39 is 17.4 Å². The van der Waals surface area contributed by atoms with E-state index in [0.717, 1.165) is 32.4 Å². The van der Waals surface area contributed by atoms with E-state index in [2.05, 4.69) is 5.32 Å². The van der Waals surface area contributed by atoms with Crippen molar-refractivity contribution >= 4 is 11.9 Å². The van der Waals surface area contributed by atoms with Crippen molar-refractivity contribution in [2.45, 2.75) is 46.1 Å². The van der Waals surface area contributed by atoms with Crippen LogP contribution in [0.3, 0.4) is 0 Å². The summed E-state index contributed by atoms with van der Waals surface area (Å²) in [4.78, 5) is 25.9. The number of hydrogen-bond acceptors (Lipinski definition) is 3. The summed E-state index contributed by atoms with van der Waals surface area (Å²) in [5.74, 6) is -0.547. The molecule has 2 fully saturated rings. The molecule has 2 aliphatic heterocycles. The molecule has 5 nitrogen and oxygen atoms in total. The average molecular weight is 282 g/mol. The molecule has 5 heteroatoms. The predicted octanol–water partition coefficient (Wildman–Crippen LogP) is 1.33. The number of piperidine rings is 1. The van der Waals surface area contributed by atoms with E-state index in [0.29, 0.717) is 6.54 Å².